The van der Waals surface area contributed by atoms with Crippen LogP contribution in [0.25, 0.3) is 0 Å². The van der Waals surface area contributed by atoms with E-state index in [2.05, 4.69) is 62.9 Å². The van der Waals surface area contributed by atoms with Crippen molar-refractivity contribution in [2.75, 3.05) is 34.6 Å². The molecule has 2 heterocycles. The Bertz CT molecular complexity index is 1600. The molecule has 4 fully saturated rings. The first-order chi connectivity index (χ1) is 27.8. The Labute approximate surface area is 336 Å². The molecular weight excluding hydrogens is 758 g/mol. The van der Waals surface area contributed by atoms with Crippen LogP contribution >= 0.6 is 0 Å². The number of anilines is 4. The van der Waals surface area contributed by atoms with Crippen LogP contribution in [0.3, 0.4) is 0 Å². The summed E-state index contributed by atoms with van der Waals surface area (Å²) in [6, 6.07) is 0.415. The van der Waals surface area contributed by atoms with Crippen molar-refractivity contribution in [2.24, 2.45) is 23.7 Å². The monoisotopic (exact) mass is 816 g/mol. The van der Waals surface area contributed by atoms with E-state index in [1.807, 2.05) is 0 Å². The van der Waals surface area contributed by atoms with Crippen LogP contribution in [0, 0.1) is 49.2 Å². The third-order valence-corrected chi connectivity index (χ3v) is 11.4. The van der Waals surface area contributed by atoms with Crippen LogP contribution in [-0.4, -0.2) is 79.3 Å². The fraction of sp³-hybridized carbons (Fsp3) is 0.684. The number of aromatic nitrogens is 4. The van der Waals surface area contributed by atoms with Crippen molar-refractivity contribution in [3.8, 4) is 0 Å². The summed E-state index contributed by atoms with van der Waals surface area (Å²) in [5.41, 5.74) is 10.1. The molecule has 2 atom stereocenters. The first-order valence-electron chi connectivity index (χ1n) is 20.5. The average molecular weight is 817 g/mol. The second-order valence-corrected chi connectivity index (χ2v) is 15.9. The molecule has 6 rings (SSSR count). The predicted octanol–water partition coefficient (Wildman–Crippen LogP) is 5.59. The highest BCUT2D eigenvalue weighted by atomic mass is 19.1. The molecule has 0 spiro atoms. The van der Waals surface area contributed by atoms with E-state index in [-0.39, 0.29) is 48.4 Å². The van der Waals surface area contributed by atoms with Crippen molar-refractivity contribution in [1.82, 2.24) is 41.4 Å². The lowest BCUT2D eigenvalue weighted by atomic mass is 9.92. The van der Waals surface area contributed by atoms with Gasteiger partial charge in [-0.2, -0.15) is 8.78 Å². The molecule has 4 aliphatic carbocycles. The Morgan fingerprint density at radius 1 is 0.569 bits per heavy atom. The molecule has 4 saturated carbocycles. The molecule has 4 amide bonds. The molecule has 18 nitrogen and oxygen atoms in total. The van der Waals surface area contributed by atoms with E-state index in [1.54, 1.807) is 13.8 Å². The van der Waals surface area contributed by atoms with E-state index >= 15 is 0 Å². The maximum Gasteiger partial charge on any atom is 0.404 e. The van der Waals surface area contributed by atoms with Gasteiger partial charge in [0.2, 0.25) is 23.4 Å². The van der Waals surface area contributed by atoms with Crippen molar-refractivity contribution in [3.05, 3.63) is 23.3 Å². The third-order valence-electron chi connectivity index (χ3n) is 11.4. The summed E-state index contributed by atoms with van der Waals surface area (Å²) in [4.78, 5) is 63.3. The van der Waals surface area contributed by atoms with Gasteiger partial charge < -0.3 is 31.5 Å². The van der Waals surface area contributed by atoms with E-state index in [0.29, 0.717) is 36.3 Å². The number of carboxylic acid groups (broad SMARTS) is 2. The molecule has 2 aromatic heterocycles. The average Bonchev–Trinajstić information content (AvgIpc) is 3.87. The second-order valence-electron chi connectivity index (χ2n) is 15.9. The summed E-state index contributed by atoms with van der Waals surface area (Å²) in [5.74, 6) is -1.61. The van der Waals surface area contributed by atoms with Gasteiger partial charge in [0.1, 0.15) is 11.6 Å². The van der Waals surface area contributed by atoms with Gasteiger partial charge in [-0.05, 0) is 77.0 Å². The van der Waals surface area contributed by atoms with Crippen molar-refractivity contribution < 1.29 is 38.2 Å². The fourth-order valence-electron chi connectivity index (χ4n) is 7.70. The van der Waals surface area contributed by atoms with Gasteiger partial charge in [-0.3, -0.25) is 31.3 Å². The van der Waals surface area contributed by atoms with E-state index in [1.165, 1.54) is 0 Å². The van der Waals surface area contributed by atoms with Crippen molar-refractivity contribution >= 4 is 47.3 Å². The molecule has 0 saturated heterocycles. The number of nitrogens with one attached hydrogen (secondary N) is 8. The normalized spacial score (nSPS) is 18.0. The van der Waals surface area contributed by atoms with Crippen molar-refractivity contribution in [2.45, 2.75) is 129 Å². The molecule has 0 radical (unpaired) electrons. The Morgan fingerprint density at radius 2 is 0.914 bits per heavy atom. The highest BCUT2D eigenvalue weighted by molar-refractivity contribution is 5.81. The molecule has 0 unspecified atom stereocenters. The SMILES string of the molecule is Cc1nc(NNC(=O)[C@@H](CNC(=O)O)CC2CCCC2)c(F)c(NC2CCC2)n1.Cc1nc(NNC(=O)[C@@H](CNC(=O)O)CC2CCCC2)c(F)c(NC2CCC2)n1. The summed E-state index contributed by atoms with van der Waals surface area (Å²) in [7, 11) is 0. The maximum atomic E-state index is 14.7. The predicted molar refractivity (Wildman–Crippen MR) is 212 cm³/mol. The smallest absolute Gasteiger partial charge is 0.404 e. The summed E-state index contributed by atoms with van der Waals surface area (Å²) in [5, 5.41) is 28.4. The first kappa shape index (κ1) is 43.8. The zero-order valence-electron chi connectivity index (χ0n) is 33.3. The van der Waals surface area contributed by atoms with Crippen LogP contribution in [-0.2, 0) is 9.59 Å². The quantitative estimate of drug-likeness (QED) is 0.0824. The number of hydrogen-bond donors (Lipinski definition) is 10. The van der Waals surface area contributed by atoms with Crippen LogP contribution in [0.4, 0.5) is 41.6 Å². The molecule has 0 aromatic carbocycles. The van der Waals surface area contributed by atoms with Crippen molar-refractivity contribution in [1.29, 1.82) is 0 Å². The molecule has 2 aromatic rings. The van der Waals surface area contributed by atoms with Gasteiger partial charge >= 0.3 is 12.2 Å². The lowest BCUT2D eigenvalue weighted by molar-refractivity contribution is -0.125. The highest BCUT2D eigenvalue weighted by Gasteiger charge is 2.29. The van der Waals surface area contributed by atoms with Crippen LogP contribution in [0.1, 0.15) is 114 Å². The number of rotatable bonds is 18. The number of carbonyl (C=O) groups excluding carboxylic acids is 2. The Kier molecular flexibility index (Phi) is 16.2. The maximum absolute atomic E-state index is 14.7. The second kappa shape index (κ2) is 21.5. The number of halogens is 2. The molecule has 0 aliphatic heterocycles. The molecule has 4 aliphatic rings. The van der Waals surface area contributed by atoms with Crippen LogP contribution < -0.4 is 43.0 Å². The summed E-state index contributed by atoms with van der Waals surface area (Å²) >= 11 is 0. The van der Waals surface area contributed by atoms with Crippen LogP contribution in [0.15, 0.2) is 0 Å². The number of carbonyl (C=O) groups is 4. The number of hydrogen-bond acceptors (Lipinski definition) is 12. The standard InChI is InChI=1S/2C19H29FN6O3/c2*1-11-22-16(24-14-7-4-8-14)15(20)17(23-11)25-26-18(27)13(10-21-19(28)29)9-12-5-2-3-6-12/h2*12-14,21H,2-10H2,1H3,(H,26,27)(H,28,29)(H2,22,23,24,25)/t2*13-/m11/s1. The molecular formula is C38H58F2N12O6. The lowest BCUT2D eigenvalue weighted by Gasteiger charge is -2.27. The third kappa shape index (κ3) is 13.4. The fourth-order valence-corrected chi connectivity index (χ4v) is 7.70. The van der Waals surface area contributed by atoms with Gasteiger partial charge in [-0.25, -0.2) is 29.5 Å². The van der Waals surface area contributed by atoms with Gasteiger partial charge in [-0.1, -0.05) is 51.4 Å². The van der Waals surface area contributed by atoms with Crippen molar-refractivity contribution in [3.63, 3.8) is 0 Å². The van der Waals surface area contributed by atoms with Gasteiger partial charge in [0.15, 0.2) is 23.3 Å². The van der Waals surface area contributed by atoms with Crippen LogP contribution in [0.5, 0.6) is 0 Å². The minimum atomic E-state index is -1.17. The van der Waals surface area contributed by atoms with E-state index < -0.39 is 47.5 Å². The van der Waals surface area contributed by atoms with E-state index in [0.717, 1.165) is 89.9 Å². The lowest BCUT2D eigenvalue weighted by Crippen LogP contribution is -2.42. The zero-order chi connectivity index (χ0) is 41.6. The Morgan fingerprint density at radius 3 is 1.22 bits per heavy atom. The van der Waals surface area contributed by atoms with Gasteiger partial charge in [0.25, 0.3) is 0 Å². The van der Waals surface area contributed by atoms with Crippen LogP contribution in [0.2, 0.25) is 0 Å². The number of hydrazine groups is 2. The zero-order valence-corrected chi connectivity index (χ0v) is 33.3. The largest absolute Gasteiger partial charge is 0.465 e. The van der Waals surface area contributed by atoms with E-state index in [4.69, 9.17) is 10.2 Å². The highest BCUT2D eigenvalue weighted by Crippen LogP contribution is 2.32. The van der Waals surface area contributed by atoms with Gasteiger partial charge in [-0.15, -0.1) is 0 Å². The molecule has 58 heavy (non-hydrogen) atoms. The van der Waals surface area contributed by atoms with Gasteiger partial charge in [0, 0.05) is 25.2 Å². The summed E-state index contributed by atoms with van der Waals surface area (Å²) in [6.45, 7) is 3.33. The Hall–Kier alpha value is -5.30. The number of nitrogens with zero attached hydrogens (tertiary/aromatic N) is 4. The molecule has 20 heteroatoms. The van der Waals surface area contributed by atoms with E-state index in [9.17, 15) is 28.0 Å². The summed E-state index contributed by atoms with van der Waals surface area (Å²) < 4.78 is 29.4. The molecule has 10 N–H and O–H groups in total. The minimum absolute atomic E-state index is 0.0130. The topological polar surface area (TPSA) is 257 Å². The number of aryl methyl sites for hydroxylation is 2. The Balaban J connectivity index is 0.000000221. The molecule has 320 valence electrons. The minimum Gasteiger partial charge on any atom is -0.465 e. The molecule has 0 bridgehead atoms. The summed E-state index contributed by atoms with van der Waals surface area (Å²) in [6.07, 6.45) is 13.6. The van der Waals surface area contributed by atoms with Gasteiger partial charge in [0.05, 0.1) is 11.8 Å². The first-order valence-corrected chi connectivity index (χ1v) is 20.5. The number of amides is 4.